The molecule has 1 unspecified atom stereocenters. The Balaban J connectivity index is 1.71. The zero-order valence-electron chi connectivity index (χ0n) is 23.9. The molecular weight excluding hydrogens is 506 g/mol. The maximum atomic E-state index is 13.4. The van der Waals surface area contributed by atoms with E-state index in [4.69, 9.17) is 23.7 Å². The van der Waals surface area contributed by atoms with E-state index in [9.17, 15) is 14.4 Å². The molecule has 0 aromatic heterocycles. The van der Waals surface area contributed by atoms with E-state index in [2.05, 4.69) is 0 Å². The number of carbonyl (C=O) groups is 3. The molecule has 3 amide bonds. The van der Waals surface area contributed by atoms with Crippen molar-refractivity contribution in [2.75, 3.05) is 40.0 Å². The fourth-order valence-electron chi connectivity index (χ4n) is 4.58. The van der Waals surface area contributed by atoms with E-state index in [0.29, 0.717) is 38.2 Å². The Hall–Kier alpha value is -3.47. The highest BCUT2D eigenvalue weighted by atomic mass is 16.6. The normalized spacial score (nSPS) is 17.2. The summed E-state index contributed by atoms with van der Waals surface area (Å²) >= 11 is 0. The van der Waals surface area contributed by atoms with E-state index in [1.165, 1.54) is 10.0 Å². The van der Waals surface area contributed by atoms with Crippen LogP contribution in [0.2, 0.25) is 0 Å². The van der Waals surface area contributed by atoms with Gasteiger partial charge in [-0.2, -0.15) is 0 Å². The molecule has 11 nitrogen and oxygen atoms in total. The third-order valence-corrected chi connectivity index (χ3v) is 6.28. The smallest absolute Gasteiger partial charge is 0.429 e. The van der Waals surface area contributed by atoms with Crippen molar-refractivity contribution < 1.29 is 38.1 Å². The molecule has 0 bridgehead atoms. The van der Waals surface area contributed by atoms with Gasteiger partial charge in [0.15, 0.2) is 0 Å². The fourth-order valence-corrected chi connectivity index (χ4v) is 4.58. The second-order valence-electron chi connectivity index (χ2n) is 10.3. The Labute approximate surface area is 230 Å². The summed E-state index contributed by atoms with van der Waals surface area (Å²) in [5.74, 6) is 0.793. The lowest BCUT2D eigenvalue weighted by molar-refractivity contribution is -0.0206. The summed E-state index contributed by atoms with van der Waals surface area (Å²) in [5, 5.41) is 2.44. The highest BCUT2D eigenvalue weighted by molar-refractivity contribution is 5.77. The highest BCUT2D eigenvalue weighted by Gasteiger charge is 2.45. The predicted octanol–water partition coefficient (Wildman–Crippen LogP) is 5.10. The van der Waals surface area contributed by atoms with Gasteiger partial charge in [-0.1, -0.05) is 12.1 Å². The van der Waals surface area contributed by atoms with Gasteiger partial charge in [0.25, 0.3) is 0 Å². The molecule has 0 aliphatic carbocycles. The molecule has 1 aromatic rings. The molecule has 216 valence electrons. The monoisotopic (exact) mass is 547 g/mol. The molecule has 2 heterocycles. The van der Waals surface area contributed by atoms with Crippen molar-refractivity contribution in [2.24, 2.45) is 0 Å². The first-order valence-electron chi connectivity index (χ1n) is 13.4. The van der Waals surface area contributed by atoms with E-state index >= 15 is 0 Å². The number of hydrogen-bond donors (Lipinski definition) is 0. The summed E-state index contributed by atoms with van der Waals surface area (Å²) in [7, 11) is 1.63. The summed E-state index contributed by atoms with van der Waals surface area (Å²) in [6.07, 6.45) is 0.120. The van der Waals surface area contributed by atoms with Crippen LogP contribution >= 0.6 is 0 Å². The van der Waals surface area contributed by atoms with Crippen LogP contribution in [0.4, 0.5) is 14.4 Å². The topological polar surface area (TPSA) is 107 Å². The lowest BCUT2D eigenvalue weighted by Gasteiger charge is -2.39. The zero-order chi connectivity index (χ0) is 28.6. The Morgan fingerprint density at radius 1 is 0.923 bits per heavy atom. The van der Waals surface area contributed by atoms with Gasteiger partial charge in [-0.15, -0.1) is 0 Å². The van der Waals surface area contributed by atoms with Crippen molar-refractivity contribution in [3.05, 3.63) is 41.1 Å². The first-order chi connectivity index (χ1) is 18.6. The number of rotatable bonds is 9. The Morgan fingerprint density at radius 2 is 1.54 bits per heavy atom. The second kappa shape index (κ2) is 13.5. The first kappa shape index (κ1) is 30.1. The number of amides is 3. The molecule has 0 radical (unpaired) electrons. The average molecular weight is 548 g/mol. The molecule has 0 N–H and O–H groups in total. The van der Waals surface area contributed by atoms with Crippen LogP contribution in [-0.4, -0.2) is 84.9 Å². The minimum Gasteiger partial charge on any atom is -0.497 e. The van der Waals surface area contributed by atoms with Crippen molar-refractivity contribution in [2.45, 2.75) is 72.1 Å². The maximum Gasteiger partial charge on any atom is 0.429 e. The minimum atomic E-state index is -0.696. The molecule has 2 aliphatic heterocycles. The van der Waals surface area contributed by atoms with Gasteiger partial charge >= 0.3 is 18.3 Å². The van der Waals surface area contributed by atoms with E-state index in [1.807, 2.05) is 45.0 Å². The molecule has 11 heteroatoms. The third-order valence-electron chi connectivity index (χ3n) is 6.28. The van der Waals surface area contributed by atoms with E-state index in [0.717, 1.165) is 16.9 Å². The number of benzene rings is 1. The number of carbonyl (C=O) groups excluding carboxylic acids is 3. The molecule has 0 saturated carbocycles. The van der Waals surface area contributed by atoms with Crippen molar-refractivity contribution in [1.29, 1.82) is 0 Å². The van der Waals surface area contributed by atoms with Gasteiger partial charge < -0.3 is 23.7 Å². The second-order valence-corrected chi connectivity index (χ2v) is 10.3. The van der Waals surface area contributed by atoms with Crippen LogP contribution in [0.25, 0.3) is 0 Å². The van der Waals surface area contributed by atoms with Gasteiger partial charge in [-0.3, -0.25) is 4.90 Å². The summed E-state index contributed by atoms with van der Waals surface area (Å²) in [5.41, 5.74) is 1.89. The van der Waals surface area contributed by atoms with Crippen LogP contribution in [-0.2, 0) is 25.6 Å². The third kappa shape index (κ3) is 8.01. The largest absolute Gasteiger partial charge is 0.497 e. The molecule has 0 fully saturated rings. The molecule has 0 saturated heterocycles. The Morgan fingerprint density at radius 3 is 2.10 bits per heavy atom. The summed E-state index contributed by atoms with van der Waals surface area (Å²) in [6.45, 7) is 10.2. The number of hydrazine groups is 1. The lowest BCUT2D eigenvalue weighted by atomic mass is 10.0. The number of hydrogen-bond acceptors (Lipinski definition) is 8. The van der Waals surface area contributed by atoms with Crippen LogP contribution in [0.1, 0.15) is 59.4 Å². The van der Waals surface area contributed by atoms with Crippen molar-refractivity contribution in [1.82, 2.24) is 14.9 Å². The number of ether oxygens (including phenoxy) is 5. The van der Waals surface area contributed by atoms with Crippen molar-refractivity contribution >= 4 is 18.3 Å². The summed E-state index contributed by atoms with van der Waals surface area (Å²) in [4.78, 5) is 40.5. The number of nitrogens with zero attached hydrogens (tertiary/aromatic N) is 3. The van der Waals surface area contributed by atoms with Crippen molar-refractivity contribution in [3.8, 4) is 5.75 Å². The first-order valence-corrected chi connectivity index (χ1v) is 13.4. The zero-order valence-corrected chi connectivity index (χ0v) is 23.9. The molecule has 0 spiro atoms. The van der Waals surface area contributed by atoms with Crippen LogP contribution in [0.5, 0.6) is 5.75 Å². The van der Waals surface area contributed by atoms with Crippen molar-refractivity contribution in [3.63, 3.8) is 0 Å². The average Bonchev–Trinajstić information content (AvgIpc) is 3.24. The highest BCUT2D eigenvalue weighted by Crippen LogP contribution is 2.37. The Kier molecular flexibility index (Phi) is 10.4. The van der Waals surface area contributed by atoms with Gasteiger partial charge in [0, 0.05) is 18.3 Å². The van der Waals surface area contributed by atoms with Crippen LogP contribution < -0.4 is 4.74 Å². The lowest BCUT2D eigenvalue weighted by Crippen LogP contribution is -2.55. The van der Waals surface area contributed by atoms with Gasteiger partial charge in [-0.05, 0) is 77.2 Å². The van der Waals surface area contributed by atoms with E-state index in [1.54, 1.807) is 25.9 Å². The van der Waals surface area contributed by atoms with Gasteiger partial charge in [-0.25, -0.2) is 24.4 Å². The summed E-state index contributed by atoms with van der Waals surface area (Å²) < 4.78 is 27.2. The fraction of sp³-hybridized carbons (Fsp3) is 0.607. The summed E-state index contributed by atoms with van der Waals surface area (Å²) in [6, 6.07) is 7.52. The number of methoxy groups -OCH3 is 1. The molecule has 3 rings (SSSR count). The molecular formula is C28H41N3O8. The van der Waals surface area contributed by atoms with Crippen LogP contribution in [0, 0.1) is 0 Å². The predicted molar refractivity (Wildman–Crippen MR) is 143 cm³/mol. The van der Waals surface area contributed by atoms with E-state index < -0.39 is 23.9 Å². The standard InChI is InChI=1S/C28H41N3O8/c1-7-37-25(32)29-17-21-16-22(10-9-15-36-19-20-11-13-23(35-6)14-12-20)31(27(34)39-28(3,4)5)24(21)18-30(29)26(33)38-8-2/h11-14,22H,7-10,15-19H2,1-6H3. The molecule has 1 aromatic carbocycles. The van der Waals surface area contributed by atoms with Gasteiger partial charge in [0.05, 0.1) is 40.0 Å². The molecule has 1 atom stereocenters. The van der Waals surface area contributed by atoms with E-state index in [-0.39, 0.29) is 32.3 Å². The van der Waals surface area contributed by atoms with Gasteiger partial charge in [0.1, 0.15) is 11.4 Å². The van der Waals surface area contributed by atoms with Crippen LogP contribution in [0.15, 0.2) is 35.5 Å². The molecule has 39 heavy (non-hydrogen) atoms. The minimum absolute atomic E-state index is 0.00328. The Bertz CT molecular complexity index is 1030. The maximum absolute atomic E-state index is 13.4. The van der Waals surface area contributed by atoms with Gasteiger partial charge in [0.2, 0.25) is 0 Å². The quantitative estimate of drug-likeness (QED) is 0.310. The SMILES string of the molecule is CCOC(=O)N1CC2=C(CN1C(=O)OCC)N(C(=O)OC(C)(C)C)C(CCCOCc1ccc(OC)cc1)C2. The van der Waals surface area contributed by atoms with Crippen LogP contribution in [0.3, 0.4) is 0 Å². The molecule has 2 aliphatic rings.